The summed E-state index contributed by atoms with van der Waals surface area (Å²) in [6.07, 6.45) is 2.08. The zero-order valence-electron chi connectivity index (χ0n) is 13.1. The van der Waals surface area contributed by atoms with E-state index in [2.05, 4.69) is 11.4 Å². The van der Waals surface area contributed by atoms with Crippen LogP contribution in [0.15, 0.2) is 11.6 Å². The number of ketones is 1. The molecule has 1 atom stereocenters. The number of hydrogen-bond acceptors (Lipinski definition) is 5. The Morgan fingerprint density at radius 1 is 1.35 bits per heavy atom. The Bertz CT molecular complexity index is 395. The van der Waals surface area contributed by atoms with Gasteiger partial charge in [-0.15, -0.1) is 10.3 Å². The van der Waals surface area contributed by atoms with Crippen molar-refractivity contribution in [3.63, 3.8) is 0 Å². The van der Waals surface area contributed by atoms with Gasteiger partial charge in [-0.2, -0.15) is 0 Å². The number of nitrogens with zero attached hydrogens (tertiary/aromatic N) is 1. The lowest BCUT2D eigenvalue weighted by atomic mass is 9.98. The fraction of sp³-hybridized carbons (Fsp3) is 0.786. The zero-order chi connectivity index (χ0) is 15.6. The first kappa shape index (κ1) is 18.0. The van der Waals surface area contributed by atoms with E-state index in [-0.39, 0.29) is 11.8 Å². The highest BCUT2D eigenvalue weighted by atomic mass is 33.1. The molecule has 0 aromatic rings. The highest BCUT2D eigenvalue weighted by molar-refractivity contribution is 8.76. The number of carbonyl (C=O) groups excluding carboxylic acids is 1. The molecule has 0 spiro atoms. The van der Waals surface area contributed by atoms with Gasteiger partial charge in [0.05, 0.1) is 17.1 Å². The van der Waals surface area contributed by atoms with Gasteiger partial charge in [0.15, 0.2) is 0 Å². The van der Waals surface area contributed by atoms with Crippen LogP contribution in [0.2, 0.25) is 0 Å². The van der Waals surface area contributed by atoms with E-state index in [1.54, 1.807) is 35.6 Å². The third kappa shape index (κ3) is 4.01. The first-order chi connectivity index (χ1) is 9.13. The molecule has 4 nitrogen and oxygen atoms in total. The molecule has 1 aliphatic rings. The van der Waals surface area contributed by atoms with Crippen molar-refractivity contribution in [3.8, 4) is 0 Å². The van der Waals surface area contributed by atoms with Gasteiger partial charge >= 0.3 is 0 Å². The lowest BCUT2D eigenvalue weighted by molar-refractivity contribution is -0.238. The summed E-state index contributed by atoms with van der Waals surface area (Å²) in [6, 6.07) is -0.0921. The number of carbonyl (C=O) groups is 1. The van der Waals surface area contributed by atoms with Gasteiger partial charge in [0.2, 0.25) is 0 Å². The molecule has 1 rings (SSSR count). The molecule has 0 aromatic heterocycles. The minimum Gasteiger partial charge on any atom is -0.310 e. The van der Waals surface area contributed by atoms with Gasteiger partial charge < -0.3 is 5.32 Å². The first-order valence-electron chi connectivity index (χ1n) is 6.74. The normalized spacial score (nSPS) is 22.6. The van der Waals surface area contributed by atoms with E-state index >= 15 is 0 Å². The van der Waals surface area contributed by atoms with E-state index in [1.807, 2.05) is 27.7 Å². The summed E-state index contributed by atoms with van der Waals surface area (Å²) in [5, 5.41) is 16.4. The number of rotatable bonds is 7. The van der Waals surface area contributed by atoms with Crippen molar-refractivity contribution in [2.75, 3.05) is 18.6 Å². The third-order valence-electron chi connectivity index (χ3n) is 3.72. The van der Waals surface area contributed by atoms with Crippen molar-refractivity contribution in [1.29, 1.82) is 0 Å². The quantitative estimate of drug-likeness (QED) is 0.444. The Hall–Kier alpha value is -0.0100. The van der Waals surface area contributed by atoms with Gasteiger partial charge in [0.1, 0.15) is 5.78 Å². The second kappa shape index (κ2) is 6.83. The molecule has 0 saturated heterocycles. The van der Waals surface area contributed by atoms with Crippen LogP contribution in [0, 0.1) is 0 Å². The largest absolute Gasteiger partial charge is 0.310 e. The Kier molecular flexibility index (Phi) is 6.16. The summed E-state index contributed by atoms with van der Waals surface area (Å²) >= 11 is 0. The van der Waals surface area contributed by atoms with Crippen molar-refractivity contribution in [3.05, 3.63) is 11.6 Å². The molecular formula is C14H25N2O2S2. The monoisotopic (exact) mass is 317 g/mol. The standard InChI is InChI=1S/C14H25N2O2S2/c1-10(17)12(15-6)9-20-19-8-11-7-13(2,3)16(18)14(11,4)5/h7,12,15H,8-9H2,1-6H3. The van der Waals surface area contributed by atoms with Crippen LogP contribution in [-0.2, 0) is 10.0 Å². The lowest BCUT2D eigenvalue weighted by Crippen LogP contribution is -2.47. The molecule has 1 radical (unpaired) electrons. The molecule has 0 amide bonds. The summed E-state index contributed by atoms with van der Waals surface area (Å²) in [7, 11) is 5.19. The Morgan fingerprint density at radius 2 is 1.95 bits per heavy atom. The van der Waals surface area contributed by atoms with Gasteiger partial charge in [-0.3, -0.25) is 4.79 Å². The SMILES string of the molecule is CNC(CSSCC1=CC(C)(C)N([O])C1(C)C)C(C)=O. The molecule has 1 heterocycles. The second-order valence-electron chi connectivity index (χ2n) is 6.18. The fourth-order valence-electron chi connectivity index (χ4n) is 2.36. The van der Waals surface area contributed by atoms with E-state index in [1.165, 1.54) is 10.6 Å². The van der Waals surface area contributed by atoms with Crippen LogP contribution in [0.1, 0.15) is 34.6 Å². The predicted molar refractivity (Wildman–Crippen MR) is 87.2 cm³/mol. The van der Waals surface area contributed by atoms with E-state index in [0.717, 1.165) is 11.5 Å². The van der Waals surface area contributed by atoms with E-state index < -0.39 is 11.1 Å². The molecule has 1 N–H and O–H groups in total. The first-order valence-corrected chi connectivity index (χ1v) is 9.23. The van der Waals surface area contributed by atoms with Crippen molar-refractivity contribution in [1.82, 2.24) is 10.4 Å². The van der Waals surface area contributed by atoms with Crippen LogP contribution in [0.5, 0.6) is 0 Å². The van der Waals surface area contributed by atoms with Crippen LogP contribution in [-0.4, -0.2) is 46.5 Å². The average molecular weight is 318 g/mol. The van der Waals surface area contributed by atoms with Crippen molar-refractivity contribution in [2.24, 2.45) is 0 Å². The topological polar surface area (TPSA) is 52.2 Å². The van der Waals surface area contributed by atoms with Crippen molar-refractivity contribution in [2.45, 2.75) is 51.7 Å². The summed E-state index contributed by atoms with van der Waals surface area (Å²) in [5.41, 5.74) is 0.288. The number of nitrogens with one attached hydrogen (secondary N) is 1. The number of Topliss-reactive ketones (excluding diaryl/α,β-unsaturated/α-hetero) is 1. The molecular weight excluding hydrogens is 292 g/mol. The van der Waals surface area contributed by atoms with Crippen LogP contribution >= 0.6 is 21.6 Å². The lowest BCUT2D eigenvalue weighted by Gasteiger charge is -2.33. The maximum atomic E-state index is 12.2. The molecule has 1 aliphatic heterocycles. The Labute approximate surface area is 130 Å². The zero-order valence-corrected chi connectivity index (χ0v) is 14.8. The summed E-state index contributed by atoms with van der Waals surface area (Å²) < 4.78 is 0. The maximum Gasteiger partial charge on any atom is 0.147 e. The second-order valence-corrected chi connectivity index (χ2v) is 8.68. The molecule has 6 heteroatoms. The van der Waals surface area contributed by atoms with Crippen LogP contribution in [0.3, 0.4) is 0 Å². The minimum atomic E-state index is -0.444. The maximum absolute atomic E-state index is 12.2. The molecule has 0 saturated carbocycles. The third-order valence-corrected chi connectivity index (χ3v) is 6.04. The van der Waals surface area contributed by atoms with Gasteiger partial charge in [-0.25, -0.2) is 0 Å². The fourth-order valence-corrected chi connectivity index (χ4v) is 4.96. The van der Waals surface area contributed by atoms with Gasteiger partial charge in [-0.05, 0) is 47.2 Å². The molecule has 20 heavy (non-hydrogen) atoms. The van der Waals surface area contributed by atoms with E-state index in [9.17, 15) is 10.0 Å². The van der Waals surface area contributed by atoms with E-state index in [0.29, 0.717) is 0 Å². The molecule has 0 aromatic carbocycles. The summed E-state index contributed by atoms with van der Waals surface area (Å²) in [4.78, 5) is 11.3. The smallest absolute Gasteiger partial charge is 0.147 e. The molecule has 1 unspecified atom stereocenters. The molecule has 115 valence electrons. The van der Waals surface area contributed by atoms with Crippen molar-refractivity contribution >= 4 is 27.4 Å². The minimum absolute atomic E-state index is 0.0921. The highest BCUT2D eigenvalue weighted by Gasteiger charge is 2.45. The average Bonchev–Trinajstić information content (AvgIpc) is 2.49. The van der Waals surface area contributed by atoms with Crippen LogP contribution in [0.25, 0.3) is 0 Å². The van der Waals surface area contributed by atoms with Crippen molar-refractivity contribution < 1.29 is 10.0 Å². The van der Waals surface area contributed by atoms with Gasteiger partial charge in [0.25, 0.3) is 0 Å². The summed E-state index contributed by atoms with van der Waals surface area (Å²) in [5.74, 6) is 1.72. The van der Waals surface area contributed by atoms with Gasteiger partial charge in [-0.1, -0.05) is 27.7 Å². The number of hydrogen-bond donors (Lipinski definition) is 1. The van der Waals surface area contributed by atoms with Crippen LogP contribution < -0.4 is 5.32 Å². The number of likely N-dealkylation sites (N-methyl/N-ethyl adjacent to an activating group) is 1. The Balaban J connectivity index is 2.49. The molecule has 0 aliphatic carbocycles. The number of hydroxylamine groups is 2. The van der Waals surface area contributed by atoms with Crippen LogP contribution in [0.4, 0.5) is 0 Å². The molecule has 0 bridgehead atoms. The van der Waals surface area contributed by atoms with E-state index in [4.69, 9.17) is 0 Å². The van der Waals surface area contributed by atoms with Gasteiger partial charge in [0, 0.05) is 11.5 Å². The molecule has 0 fully saturated rings. The predicted octanol–water partition coefficient (Wildman–Crippen LogP) is 2.69. The summed E-state index contributed by atoms with van der Waals surface area (Å²) in [6.45, 7) is 9.43. The highest BCUT2D eigenvalue weighted by Crippen LogP contribution is 2.41. The Morgan fingerprint density at radius 3 is 2.35 bits per heavy atom.